The van der Waals surface area contributed by atoms with Crippen molar-refractivity contribution in [1.82, 2.24) is 0 Å². The molecule has 0 bridgehead atoms. The summed E-state index contributed by atoms with van der Waals surface area (Å²) in [5, 5.41) is 56.7. The van der Waals surface area contributed by atoms with Crippen molar-refractivity contribution in [2.24, 2.45) is 39.4 Å². The van der Waals surface area contributed by atoms with Gasteiger partial charge in [0.05, 0.1) is 24.4 Å². The van der Waals surface area contributed by atoms with Crippen molar-refractivity contribution in [3.8, 4) is 0 Å². The highest BCUT2D eigenvalue weighted by Gasteiger charge is 2.76. The van der Waals surface area contributed by atoms with Crippen LogP contribution in [-0.4, -0.2) is 78.7 Å². The van der Waals surface area contributed by atoms with E-state index >= 15 is 0 Å². The molecule has 4 aliphatic rings. The van der Waals surface area contributed by atoms with Gasteiger partial charge in [-0.2, -0.15) is 0 Å². The van der Waals surface area contributed by atoms with Crippen LogP contribution < -0.4 is 0 Å². The van der Waals surface area contributed by atoms with Gasteiger partial charge in [0.2, 0.25) is 0 Å². The maximum absolute atomic E-state index is 14.4. The molecule has 0 aromatic carbocycles. The smallest absolute Gasteiger partial charge is 0.303 e. The van der Waals surface area contributed by atoms with Gasteiger partial charge in [0, 0.05) is 42.4 Å². The molecule has 5 N–H and O–H groups in total. The standard InChI is InChI=1S/C32H50O9/c1-16(33)41-27(2,3)11-10-22(37)32(9,40)25-21(36)14-29(6)24-19(34)12-17-18(13-20(35)26(39)28(17,4)5)31(24,8)23(38)15-30(25,29)7/h12,18-21,24-26,34-36,39-40H,10-11,13-15H2,1-9H3. The zero-order valence-electron chi connectivity index (χ0n) is 26.0. The van der Waals surface area contributed by atoms with Crippen molar-refractivity contribution in [1.29, 1.82) is 0 Å². The molecular formula is C32H50O9. The molecule has 9 heteroatoms. The van der Waals surface area contributed by atoms with Crippen LogP contribution in [-0.2, 0) is 19.1 Å². The van der Waals surface area contributed by atoms with Gasteiger partial charge in [-0.15, -0.1) is 0 Å². The van der Waals surface area contributed by atoms with Crippen LogP contribution >= 0.6 is 0 Å². The normalized spacial score (nSPS) is 45.1. The molecule has 232 valence electrons. The van der Waals surface area contributed by atoms with E-state index in [9.17, 15) is 39.9 Å². The third-order valence-electron chi connectivity index (χ3n) is 12.1. The molecule has 41 heavy (non-hydrogen) atoms. The summed E-state index contributed by atoms with van der Waals surface area (Å²) in [6.07, 6.45) is -2.12. The molecule has 0 saturated heterocycles. The fourth-order valence-corrected chi connectivity index (χ4v) is 9.91. The van der Waals surface area contributed by atoms with Gasteiger partial charge in [-0.3, -0.25) is 14.4 Å². The van der Waals surface area contributed by atoms with Crippen LogP contribution in [0.15, 0.2) is 11.6 Å². The van der Waals surface area contributed by atoms with Crippen LogP contribution in [0.2, 0.25) is 0 Å². The summed E-state index contributed by atoms with van der Waals surface area (Å²) in [6.45, 7) is 15.3. The Kier molecular flexibility index (Phi) is 7.62. The van der Waals surface area contributed by atoms with E-state index in [1.54, 1.807) is 19.9 Å². The van der Waals surface area contributed by atoms with E-state index in [-0.39, 0.29) is 37.9 Å². The SMILES string of the molecule is CC(=O)OC(C)(C)CCC(=O)C(C)(O)C1C(O)CC2(C)C3C(O)C=C4C(CC(O)C(O)C4(C)C)C3(C)C(=O)CC12C. The molecule has 3 saturated carbocycles. The predicted octanol–water partition coefficient (Wildman–Crippen LogP) is 2.49. The lowest BCUT2D eigenvalue weighted by atomic mass is 9.38. The minimum absolute atomic E-state index is 0.0177. The van der Waals surface area contributed by atoms with Crippen LogP contribution in [0.25, 0.3) is 0 Å². The third-order valence-corrected chi connectivity index (χ3v) is 12.1. The molecule has 4 rings (SSSR count). The average molecular weight is 579 g/mol. The van der Waals surface area contributed by atoms with Crippen LogP contribution in [0, 0.1) is 39.4 Å². The number of rotatable bonds is 6. The van der Waals surface area contributed by atoms with E-state index in [2.05, 4.69) is 0 Å². The Balaban J connectivity index is 1.74. The molecule has 0 aliphatic heterocycles. The highest BCUT2D eigenvalue weighted by Crippen LogP contribution is 2.74. The minimum atomic E-state index is -1.99. The second kappa shape index (κ2) is 9.68. The Hall–Kier alpha value is -1.65. The zero-order valence-corrected chi connectivity index (χ0v) is 26.0. The summed E-state index contributed by atoms with van der Waals surface area (Å²) in [6, 6.07) is 0. The Morgan fingerprint density at radius 2 is 1.59 bits per heavy atom. The van der Waals surface area contributed by atoms with Crippen LogP contribution in [0.3, 0.4) is 0 Å². The largest absolute Gasteiger partial charge is 0.460 e. The molecule has 3 fully saturated rings. The summed E-state index contributed by atoms with van der Waals surface area (Å²) in [4.78, 5) is 39.4. The fraction of sp³-hybridized carbons (Fsp3) is 0.844. The summed E-state index contributed by atoms with van der Waals surface area (Å²) in [5.74, 6) is -3.17. The Labute approximate surface area is 243 Å². The van der Waals surface area contributed by atoms with Gasteiger partial charge < -0.3 is 30.3 Å². The first kappa shape index (κ1) is 32.3. The summed E-state index contributed by atoms with van der Waals surface area (Å²) in [5.41, 5.74) is -5.98. The summed E-state index contributed by atoms with van der Waals surface area (Å²) in [7, 11) is 0. The van der Waals surface area contributed by atoms with Gasteiger partial charge in [-0.05, 0) is 56.8 Å². The van der Waals surface area contributed by atoms with E-state index in [1.165, 1.54) is 13.8 Å². The molecule has 0 amide bonds. The Bertz CT molecular complexity index is 1150. The second-order valence-electron chi connectivity index (χ2n) is 15.5. The number of aliphatic hydroxyl groups is 5. The number of carbonyl (C=O) groups excluding carboxylic acids is 3. The van der Waals surface area contributed by atoms with Crippen LogP contribution in [0.5, 0.6) is 0 Å². The molecule has 0 radical (unpaired) electrons. The minimum Gasteiger partial charge on any atom is -0.460 e. The van der Waals surface area contributed by atoms with E-state index in [1.807, 2.05) is 34.6 Å². The Morgan fingerprint density at radius 1 is 1.00 bits per heavy atom. The quantitative estimate of drug-likeness (QED) is 0.235. The molecule has 4 aliphatic carbocycles. The predicted molar refractivity (Wildman–Crippen MR) is 150 cm³/mol. The number of Topliss-reactive ketones (excluding diaryl/α,β-unsaturated/α-hetero) is 2. The number of aliphatic hydroxyl groups excluding tert-OH is 4. The lowest BCUT2D eigenvalue weighted by molar-refractivity contribution is -0.200. The lowest BCUT2D eigenvalue weighted by Gasteiger charge is -2.66. The highest BCUT2D eigenvalue weighted by atomic mass is 16.6. The van der Waals surface area contributed by atoms with Gasteiger partial charge in [0.15, 0.2) is 5.78 Å². The topological polar surface area (TPSA) is 162 Å². The lowest BCUT2D eigenvalue weighted by Crippen LogP contribution is -2.68. The van der Waals surface area contributed by atoms with Crippen molar-refractivity contribution < 1.29 is 44.7 Å². The summed E-state index contributed by atoms with van der Waals surface area (Å²) >= 11 is 0. The molecular weight excluding hydrogens is 528 g/mol. The molecule has 11 atom stereocenters. The average Bonchev–Trinajstić information content (AvgIpc) is 3.01. The number of hydrogen-bond acceptors (Lipinski definition) is 9. The fourth-order valence-electron chi connectivity index (χ4n) is 9.91. The van der Waals surface area contributed by atoms with E-state index in [4.69, 9.17) is 4.74 Å². The maximum atomic E-state index is 14.4. The summed E-state index contributed by atoms with van der Waals surface area (Å²) < 4.78 is 5.30. The zero-order chi connectivity index (χ0) is 31.3. The van der Waals surface area contributed by atoms with Gasteiger partial charge in [0.1, 0.15) is 17.0 Å². The van der Waals surface area contributed by atoms with Gasteiger partial charge >= 0.3 is 5.97 Å². The molecule has 0 aromatic rings. The van der Waals surface area contributed by atoms with Gasteiger partial charge in [-0.1, -0.05) is 46.3 Å². The van der Waals surface area contributed by atoms with E-state index < -0.39 is 86.8 Å². The van der Waals surface area contributed by atoms with E-state index in [0.717, 1.165) is 5.57 Å². The molecule has 9 nitrogen and oxygen atoms in total. The number of ether oxygens (including phenoxy) is 1. The van der Waals surface area contributed by atoms with Gasteiger partial charge in [-0.25, -0.2) is 0 Å². The first-order valence-corrected chi connectivity index (χ1v) is 14.9. The number of ketones is 2. The number of hydrogen-bond donors (Lipinski definition) is 5. The first-order valence-electron chi connectivity index (χ1n) is 14.9. The second-order valence-corrected chi connectivity index (χ2v) is 15.5. The third kappa shape index (κ3) is 4.48. The van der Waals surface area contributed by atoms with E-state index in [0.29, 0.717) is 0 Å². The molecule has 0 aromatic heterocycles. The molecule has 0 heterocycles. The van der Waals surface area contributed by atoms with Crippen molar-refractivity contribution >= 4 is 17.5 Å². The Morgan fingerprint density at radius 3 is 2.15 bits per heavy atom. The maximum Gasteiger partial charge on any atom is 0.303 e. The molecule has 0 spiro atoms. The molecule has 11 unspecified atom stereocenters. The first-order chi connectivity index (χ1) is 18.5. The van der Waals surface area contributed by atoms with Crippen molar-refractivity contribution in [2.75, 3.05) is 0 Å². The van der Waals surface area contributed by atoms with Crippen molar-refractivity contribution in [3.63, 3.8) is 0 Å². The number of carbonyl (C=O) groups is 3. The van der Waals surface area contributed by atoms with Gasteiger partial charge in [0.25, 0.3) is 0 Å². The number of fused-ring (bicyclic) bond motifs is 5. The monoisotopic (exact) mass is 578 g/mol. The van der Waals surface area contributed by atoms with Crippen molar-refractivity contribution in [2.45, 2.75) is 130 Å². The van der Waals surface area contributed by atoms with Crippen molar-refractivity contribution in [3.05, 3.63) is 11.6 Å². The van der Waals surface area contributed by atoms with Crippen LogP contribution in [0.4, 0.5) is 0 Å². The highest BCUT2D eigenvalue weighted by molar-refractivity contribution is 5.90. The van der Waals surface area contributed by atoms with Crippen LogP contribution in [0.1, 0.15) is 94.4 Å². The number of esters is 1.